The van der Waals surface area contributed by atoms with Gasteiger partial charge in [0.2, 0.25) is 5.91 Å². The Morgan fingerprint density at radius 2 is 1.93 bits per heavy atom. The SMILES string of the molecule is CC1CC(C)CN(CCNC(=O)CCn2c(=S)[nH]c3ccccc3c2=O)C1. The van der Waals surface area contributed by atoms with E-state index in [2.05, 4.69) is 29.0 Å². The lowest BCUT2D eigenvalue weighted by Gasteiger charge is -2.34. The summed E-state index contributed by atoms with van der Waals surface area (Å²) in [5, 5.41) is 3.55. The maximum atomic E-state index is 12.6. The van der Waals surface area contributed by atoms with Crippen molar-refractivity contribution in [2.45, 2.75) is 33.2 Å². The van der Waals surface area contributed by atoms with E-state index in [4.69, 9.17) is 12.2 Å². The van der Waals surface area contributed by atoms with Gasteiger partial charge in [0.05, 0.1) is 10.9 Å². The van der Waals surface area contributed by atoms with E-state index in [9.17, 15) is 9.59 Å². The second-order valence-corrected chi connectivity index (χ2v) is 8.12. The number of fused-ring (bicyclic) bond motifs is 1. The molecule has 7 heteroatoms. The van der Waals surface area contributed by atoms with E-state index in [1.54, 1.807) is 6.07 Å². The summed E-state index contributed by atoms with van der Waals surface area (Å²) in [5.74, 6) is 1.37. The number of H-pyrrole nitrogens is 1. The summed E-state index contributed by atoms with van der Waals surface area (Å²) in [4.78, 5) is 30.2. The Labute approximate surface area is 164 Å². The topological polar surface area (TPSA) is 70.1 Å². The summed E-state index contributed by atoms with van der Waals surface area (Å²) in [7, 11) is 0. The van der Waals surface area contributed by atoms with Crippen LogP contribution in [0.3, 0.4) is 0 Å². The van der Waals surface area contributed by atoms with Gasteiger partial charge in [-0.1, -0.05) is 26.0 Å². The number of piperidine rings is 1. The fourth-order valence-corrected chi connectivity index (χ4v) is 4.32. The molecule has 0 radical (unpaired) electrons. The third-order valence-corrected chi connectivity index (χ3v) is 5.47. The van der Waals surface area contributed by atoms with Crippen molar-refractivity contribution in [2.24, 2.45) is 11.8 Å². The average molecular weight is 389 g/mol. The molecule has 1 amide bonds. The first-order chi connectivity index (χ1) is 12.9. The average Bonchev–Trinajstić information content (AvgIpc) is 2.60. The van der Waals surface area contributed by atoms with Crippen LogP contribution in [-0.4, -0.2) is 46.5 Å². The van der Waals surface area contributed by atoms with Crippen LogP contribution < -0.4 is 10.9 Å². The van der Waals surface area contributed by atoms with E-state index >= 15 is 0 Å². The molecular formula is C20H28N4O2S. The number of amides is 1. The number of hydrogen-bond acceptors (Lipinski definition) is 4. The van der Waals surface area contributed by atoms with Gasteiger partial charge in [0.25, 0.3) is 5.56 Å². The van der Waals surface area contributed by atoms with Crippen LogP contribution in [0, 0.1) is 16.6 Å². The molecule has 1 aromatic heterocycles. The first-order valence-electron chi connectivity index (χ1n) is 9.65. The molecule has 1 fully saturated rings. The van der Waals surface area contributed by atoms with E-state index < -0.39 is 0 Å². The monoisotopic (exact) mass is 388 g/mol. The normalized spacial score (nSPS) is 20.7. The number of aromatic nitrogens is 2. The Hall–Kier alpha value is -1.99. The molecule has 6 nitrogen and oxygen atoms in total. The maximum Gasteiger partial charge on any atom is 0.262 e. The lowest BCUT2D eigenvalue weighted by atomic mass is 9.92. The number of para-hydroxylation sites is 1. The third-order valence-electron chi connectivity index (χ3n) is 5.15. The number of nitrogens with one attached hydrogen (secondary N) is 2. The Kier molecular flexibility index (Phi) is 6.44. The van der Waals surface area contributed by atoms with Gasteiger partial charge in [0.15, 0.2) is 4.77 Å². The van der Waals surface area contributed by atoms with E-state index in [1.807, 2.05) is 18.2 Å². The molecule has 2 heterocycles. The highest BCUT2D eigenvalue weighted by Crippen LogP contribution is 2.20. The summed E-state index contributed by atoms with van der Waals surface area (Å²) < 4.78 is 1.81. The highest BCUT2D eigenvalue weighted by atomic mass is 32.1. The number of carbonyl (C=O) groups is 1. The van der Waals surface area contributed by atoms with Crippen molar-refractivity contribution in [2.75, 3.05) is 26.2 Å². The molecule has 1 saturated heterocycles. The molecule has 1 aromatic carbocycles. The largest absolute Gasteiger partial charge is 0.355 e. The van der Waals surface area contributed by atoms with Crippen LogP contribution in [0.4, 0.5) is 0 Å². The van der Waals surface area contributed by atoms with Gasteiger partial charge >= 0.3 is 0 Å². The Balaban J connectivity index is 1.52. The number of aromatic amines is 1. The smallest absolute Gasteiger partial charge is 0.262 e. The predicted molar refractivity (Wildman–Crippen MR) is 110 cm³/mol. The number of nitrogens with zero attached hydrogens (tertiary/aromatic N) is 2. The maximum absolute atomic E-state index is 12.6. The van der Waals surface area contributed by atoms with Gasteiger partial charge in [0, 0.05) is 39.1 Å². The van der Waals surface area contributed by atoms with E-state index in [1.165, 1.54) is 11.0 Å². The fourth-order valence-electron chi connectivity index (χ4n) is 4.03. The second-order valence-electron chi connectivity index (χ2n) is 7.74. The molecule has 2 N–H and O–H groups in total. The van der Waals surface area contributed by atoms with Crippen LogP contribution in [0.5, 0.6) is 0 Å². The summed E-state index contributed by atoms with van der Waals surface area (Å²) in [6.07, 6.45) is 1.52. The predicted octanol–water partition coefficient (Wildman–Crippen LogP) is 2.54. The number of benzene rings is 1. The number of rotatable bonds is 6. The van der Waals surface area contributed by atoms with Crippen LogP contribution >= 0.6 is 12.2 Å². The zero-order valence-corrected chi connectivity index (χ0v) is 16.8. The van der Waals surface area contributed by atoms with Crippen LogP contribution in [0.15, 0.2) is 29.1 Å². The summed E-state index contributed by atoms with van der Waals surface area (Å²) in [5.41, 5.74) is 0.566. The van der Waals surface area contributed by atoms with Crippen molar-refractivity contribution in [1.29, 1.82) is 0 Å². The Morgan fingerprint density at radius 3 is 2.67 bits per heavy atom. The minimum absolute atomic E-state index is 0.0532. The standard InChI is InChI=1S/C20H28N4O2S/c1-14-11-15(2)13-23(12-14)10-8-21-18(25)7-9-24-19(26)16-5-3-4-6-17(16)22-20(24)27/h3-6,14-15H,7-13H2,1-2H3,(H,21,25)(H,22,27). The van der Waals surface area contributed by atoms with Crippen molar-refractivity contribution in [3.8, 4) is 0 Å². The summed E-state index contributed by atoms with van der Waals surface area (Å²) in [6.45, 7) is 8.55. The zero-order valence-electron chi connectivity index (χ0n) is 16.0. The van der Waals surface area contributed by atoms with Gasteiger partial charge < -0.3 is 15.2 Å². The highest BCUT2D eigenvalue weighted by Gasteiger charge is 2.21. The number of hydrogen-bond donors (Lipinski definition) is 2. The van der Waals surface area contributed by atoms with Gasteiger partial charge in [-0.3, -0.25) is 14.2 Å². The summed E-state index contributed by atoms with van der Waals surface area (Å²) in [6, 6.07) is 7.26. The first kappa shape index (κ1) is 19.8. The van der Waals surface area contributed by atoms with Crippen LogP contribution in [0.1, 0.15) is 26.7 Å². The quantitative estimate of drug-likeness (QED) is 0.746. The van der Waals surface area contributed by atoms with Crippen molar-refractivity contribution >= 4 is 29.0 Å². The fraction of sp³-hybridized carbons (Fsp3) is 0.550. The molecule has 0 saturated carbocycles. The van der Waals surface area contributed by atoms with Crippen LogP contribution in [0.2, 0.25) is 0 Å². The molecule has 3 rings (SSSR count). The van der Waals surface area contributed by atoms with Gasteiger partial charge in [-0.25, -0.2) is 0 Å². The first-order valence-corrected chi connectivity index (χ1v) is 10.1. The molecule has 0 bridgehead atoms. The van der Waals surface area contributed by atoms with E-state index in [0.29, 0.717) is 28.5 Å². The molecule has 2 unspecified atom stereocenters. The van der Waals surface area contributed by atoms with Crippen LogP contribution in [0.25, 0.3) is 10.9 Å². The Bertz CT molecular complexity index is 910. The van der Waals surface area contributed by atoms with Crippen LogP contribution in [-0.2, 0) is 11.3 Å². The number of likely N-dealkylation sites (tertiary alicyclic amines) is 1. The molecule has 27 heavy (non-hydrogen) atoms. The Morgan fingerprint density at radius 1 is 1.22 bits per heavy atom. The molecule has 146 valence electrons. The van der Waals surface area contributed by atoms with Crippen molar-refractivity contribution in [1.82, 2.24) is 19.8 Å². The third kappa shape index (κ3) is 5.05. The van der Waals surface area contributed by atoms with Gasteiger partial charge in [-0.05, 0) is 42.6 Å². The minimum Gasteiger partial charge on any atom is -0.355 e. The van der Waals surface area contributed by atoms with E-state index in [-0.39, 0.29) is 24.4 Å². The van der Waals surface area contributed by atoms with Gasteiger partial charge in [0.1, 0.15) is 0 Å². The number of carbonyl (C=O) groups excluding carboxylic acids is 1. The molecule has 2 aromatic rings. The highest BCUT2D eigenvalue weighted by molar-refractivity contribution is 7.71. The van der Waals surface area contributed by atoms with Crippen molar-refractivity contribution in [3.63, 3.8) is 0 Å². The molecule has 0 spiro atoms. The molecule has 2 atom stereocenters. The van der Waals surface area contributed by atoms with Gasteiger partial charge in [-0.15, -0.1) is 0 Å². The molecular weight excluding hydrogens is 360 g/mol. The van der Waals surface area contributed by atoms with Crippen molar-refractivity contribution < 1.29 is 4.79 Å². The molecule has 0 aliphatic carbocycles. The van der Waals surface area contributed by atoms with E-state index in [0.717, 1.165) is 25.2 Å². The molecule has 1 aliphatic rings. The van der Waals surface area contributed by atoms with Crippen molar-refractivity contribution in [3.05, 3.63) is 39.4 Å². The molecule has 1 aliphatic heterocycles. The minimum atomic E-state index is -0.154. The lowest BCUT2D eigenvalue weighted by molar-refractivity contribution is -0.121. The second kappa shape index (κ2) is 8.80. The van der Waals surface area contributed by atoms with Gasteiger partial charge in [-0.2, -0.15) is 0 Å². The lowest BCUT2D eigenvalue weighted by Crippen LogP contribution is -2.43. The summed E-state index contributed by atoms with van der Waals surface area (Å²) >= 11 is 5.28. The zero-order chi connectivity index (χ0) is 19.4.